The molecule has 0 fully saturated rings. The molecule has 0 N–H and O–H groups in total. The Morgan fingerprint density at radius 1 is 0.333 bits per heavy atom. The van der Waals surface area contributed by atoms with Gasteiger partial charge in [-0.3, -0.25) is 0 Å². The largest absolute Gasteiger partial charge is 0.248 e. The van der Waals surface area contributed by atoms with Crippen molar-refractivity contribution in [3.63, 3.8) is 0 Å². The Bertz CT molecular complexity index is 1960. The van der Waals surface area contributed by atoms with E-state index in [2.05, 4.69) is 41.4 Å². The van der Waals surface area contributed by atoms with Gasteiger partial charge >= 0.3 is 0 Å². The zero-order valence-electron chi connectivity index (χ0n) is 22.2. The smallest absolute Gasteiger partial charge is 0.164 e. The summed E-state index contributed by atoms with van der Waals surface area (Å²) in [5, 5.41) is 1.12. The maximum absolute atomic E-state index is 13.6. The van der Waals surface area contributed by atoms with E-state index in [0.717, 1.165) is 38.9 Å². The van der Waals surface area contributed by atoms with Crippen LogP contribution in [0, 0.1) is 11.6 Å². The van der Waals surface area contributed by atoms with Gasteiger partial charge in [-0.05, 0) is 71.8 Å². The first-order chi connectivity index (χ1) is 20.6. The van der Waals surface area contributed by atoms with Crippen LogP contribution in [-0.2, 0) is 0 Å². The van der Waals surface area contributed by atoms with E-state index >= 15 is 0 Å². The van der Waals surface area contributed by atoms with Crippen LogP contribution >= 0.6 is 0 Å². The summed E-state index contributed by atoms with van der Waals surface area (Å²) in [4.78, 5) is 18.8. The Balaban J connectivity index is 1.20. The third-order valence-corrected chi connectivity index (χ3v) is 7.10. The van der Waals surface area contributed by atoms with Crippen molar-refractivity contribution in [3.05, 3.63) is 145 Å². The SMILES string of the molecule is Fc1ccc(-c2nc(-c3ccc(F)cc3)nc(-c3ccc(-c4ccc(-c5ccc6ccccc6n5)cc4)cc3)n2)cc1. The molecule has 0 bridgehead atoms. The number of pyridine rings is 1. The van der Waals surface area contributed by atoms with Gasteiger partial charge in [0.05, 0.1) is 11.2 Å². The third kappa shape index (κ3) is 5.13. The van der Waals surface area contributed by atoms with Crippen molar-refractivity contribution in [1.29, 1.82) is 0 Å². The highest BCUT2D eigenvalue weighted by atomic mass is 19.1. The normalized spacial score (nSPS) is 11.1. The average Bonchev–Trinajstić information content (AvgIpc) is 3.05. The molecule has 0 saturated heterocycles. The molecule has 0 spiro atoms. The minimum absolute atomic E-state index is 0.344. The predicted molar refractivity (Wildman–Crippen MR) is 162 cm³/mol. The molecule has 42 heavy (non-hydrogen) atoms. The van der Waals surface area contributed by atoms with E-state index in [1.54, 1.807) is 24.3 Å². The quantitative estimate of drug-likeness (QED) is 0.215. The van der Waals surface area contributed by atoms with Gasteiger partial charge in [0.1, 0.15) is 11.6 Å². The minimum Gasteiger partial charge on any atom is -0.248 e. The molecule has 0 amide bonds. The fourth-order valence-corrected chi connectivity index (χ4v) is 4.83. The van der Waals surface area contributed by atoms with E-state index < -0.39 is 0 Å². The van der Waals surface area contributed by atoms with E-state index in [1.807, 2.05) is 48.5 Å². The molecule has 7 aromatic rings. The molecule has 0 unspecified atom stereocenters. The molecule has 2 aromatic heterocycles. The Hall–Kier alpha value is -5.62. The first-order valence-electron chi connectivity index (χ1n) is 13.4. The summed E-state index contributed by atoms with van der Waals surface area (Å²) in [5.41, 5.74) is 7.17. The maximum atomic E-state index is 13.6. The molecule has 4 nitrogen and oxygen atoms in total. The molecule has 0 atom stereocenters. The van der Waals surface area contributed by atoms with Gasteiger partial charge in [-0.15, -0.1) is 0 Å². The number of hydrogen-bond donors (Lipinski definition) is 0. The van der Waals surface area contributed by atoms with Crippen LogP contribution in [0.25, 0.3) is 67.5 Å². The number of hydrogen-bond acceptors (Lipinski definition) is 4. The van der Waals surface area contributed by atoms with Crippen molar-refractivity contribution in [2.45, 2.75) is 0 Å². The highest BCUT2D eigenvalue weighted by molar-refractivity contribution is 5.82. The standard InChI is InChI=1S/C36H22F2N4/c37-30-18-13-28(14-19-30)35-40-34(41-36(42-35)29-15-20-31(38)21-16-29)27-11-7-24(8-12-27)23-5-9-26(10-6-23)33-22-17-25-3-1-2-4-32(25)39-33/h1-22H. The number of nitrogens with zero attached hydrogens (tertiary/aromatic N) is 4. The number of aromatic nitrogens is 4. The molecule has 5 aromatic carbocycles. The molecular formula is C36H22F2N4. The first-order valence-corrected chi connectivity index (χ1v) is 13.4. The van der Waals surface area contributed by atoms with Gasteiger partial charge in [0.2, 0.25) is 0 Å². The van der Waals surface area contributed by atoms with Crippen molar-refractivity contribution in [3.8, 4) is 56.5 Å². The summed E-state index contributed by atoms with van der Waals surface area (Å²) in [7, 11) is 0. The van der Waals surface area contributed by atoms with Crippen molar-refractivity contribution >= 4 is 10.9 Å². The van der Waals surface area contributed by atoms with Gasteiger partial charge in [0, 0.05) is 27.6 Å². The maximum Gasteiger partial charge on any atom is 0.164 e. The van der Waals surface area contributed by atoms with Gasteiger partial charge in [0.25, 0.3) is 0 Å². The summed E-state index contributed by atoms with van der Waals surface area (Å²) in [6.07, 6.45) is 0. The zero-order chi connectivity index (χ0) is 28.5. The van der Waals surface area contributed by atoms with E-state index in [-0.39, 0.29) is 11.6 Å². The predicted octanol–water partition coefficient (Wildman–Crippen LogP) is 9.03. The van der Waals surface area contributed by atoms with Gasteiger partial charge < -0.3 is 0 Å². The van der Waals surface area contributed by atoms with E-state index in [0.29, 0.717) is 28.6 Å². The van der Waals surface area contributed by atoms with Crippen molar-refractivity contribution < 1.29 is 8.78 Å². The van der Waals surface area contributed by atoms with Crippen LogP contribution < -0.4 is 0 Å². The summed E-state index contributed by atoms with van der Waals surface area (Å²) in [5.74, 6) is 0.586. The van der Waals surface area contributed by atoms with E-state index in [1.165, 1.54) is 24.3 Å². The molecule has 7 rings (SSSR count). The molecule has 0 saturated carbocycles. The van der Waals surface area contributed by atoms with E-state index in [4.69, 9.17) is 15.0 Å². The lowest BCUT2D eigenvalue weighted by atomic mass is 10.0. The average molecular weight is 549 g/mol. The molecular weight excluding hydrogens is 526 g/mol. The Kier molecular flexibility index (Phi) is 6.49. The minimum atomic E-state index is -0.344. The summed E-state index contributed by atoms with van der Waals surface area (Å²) in [6.45, 7) is 0. The number of rotatable bonds is 5. The summed E-state index contributed by atoms with van der Waals surface area (Å²) >= 11 is 0. The molecule has 6 heteroatoms. The first kappa shape index (κ1) is 25.4. The monoisotopic (exact) mass is 548 g/mol. The van der Waals surface area contributed by atoms with Crippen LogP contribution in [0.15, 0.2) is 133 Å². The Labute approximate surface area is 241 Å². The number of benzene rings is 5. The van der Waals surface area contributed by atoms with Gasteiger partial charge in [0.15, 0.2) is 17.5 Å². The molecule has 200 valence electrons. The Morgan fingerprint density at radius 2 is 0.738 bits per heavy atom. The second kappa shape index (κ2) is 10.7. The molecule has 0 radical (unpaired) electrons. The van der Waals surface area contributed by atoms with Crippen LogP contribution in [0.4, 0.5) is 8.78 Å². The van der Waals surface area contributed by atoms with Gasteiger partial charge in [-0.2, -0.15) is 0 Å². The van der Waals surface area contributed by atoms with Crippen LogP contribution in [0.3, 0.4) is 0 Å². The molecule has 0 aliphatic carbocycles. The van der Waals surface area contributed by atoms with Crippen molar-refractivity contribution in [1.82, 2.24) is 19.9 Å². The fourth-order valence-electron chi connectivity index (χ4n) is 4.83. The van der Waals surface area contributed by atoms with Crippen molar-refractivity contribution in [2.75, 3.05) is 0 Å². The fraction of sp³-hybridized carbons (Fsp3) is 0. The molecule has 2 heterocycles. The second-order valence-corrected chi connectivity index (χ2v) is 9.86. The lowest BCUT2D eigenvalue weighted by molar-refractivity contribution is 0.627. The van der Waals surface area contributed by atoms with Crippen LogP contribution in [0.1, 0.15) is 0 Å². The topological polar surface area (TPSA) is 51.6 Å². The molecule has 0 aliphatic heterocycles. The van der Waals surface area contributed by atoms with Gasteiger partial charge in [-0.25, -0.2) is 28.7 Å². The van der Waals surface area contributed by atoms with Crippen LogP contribution in [0.5, 0.6) is 0 Å². The van der Waals surface area contributed by atoms with Gasteiger partial charge in [-0.1, -0.05) is 72.8 Å². The number of fused-ring (bicyclic) bond motifs is 1. The highest BCUT2D eigenvalue weighted by Crippen LogP contribution is 2.29. The highest BCUT2D eigenvalue weighted by Gasteiger charge is 2.13. The zero-order valence-corrected chi connectivity index (χ0v) is 22.2. The molecule has 0 aliphatic rings. The lowest BCUT2D eigenvalue weighted by Gasteiger charge is -2.09. The summed E-state index contributed by atoms with van der Waals surface area (Å²) in [6, 6.07) is 40.5. The van der Waals surface area contributed by atoms with E-state index in [9.17, 15) is 8.78 Å². The third-order valence-electron chi connectivity index (χ3n) is 7.10. The number of halogens is 2. The second-order valence-electron chi connectivity index (χ2n) is 9.86. The lowest BCUT2D eigenvalue weighted by Crippen LogP contribution is -2.00. The Morgan fingerprint density at radius 3 is 1.24 bits per heavy atom. The summed E-state index contributed by atoms with van der Waals surface area (Å²) < 4.78 is 27.2. The van der Waals surface area contributed by atoms with Crippen LogP contribution in [0.2, 0.25) is 0 Å². The van der Waals surface area contributed by atoms with Crippen molar-refractivity contribution in [2.24, 2.45) is 0 Å². The van der Waals surface area contributed by atoms with Crippen LogP contribution in [-0.4, -0.2) is 19.9 Å². The number of para-hydroxylation sites is 1.